The summed E-state index contributed by atoms with van der Waals surface area (Å²) in [6, 6.07) is 1.92. The van der Waals surface area contributed by atoms with Crippen molar-refractivity contribution < 1.29 is 18.3 Å². The molecule has 1 unspecified atom stereocenters. The predicted octanol–water partition coefficient (Wildman–Crippen LogP) is 2.37. The van der Waals surface area contributed by atoms with Gasteiger partial charge in [-0.15, -0.1) is 0 Å². The number of halogens is 3. The van der Waals surface area contributed by atoms with Crippen molar-refractivity contribution in [2.75, 3.05) is 56.1 Å². The minimum absolute atomic E-state index is 0.194. The molecule has 0 amide bonds. The topological polar surface area (TPSA) is 64.5 Å². The Kier molecular flexibility index (Phi) is 6.75. The number of alkyl halides is 3. The van der Waals surface area contributed by atoms with Crippen LogP contribution in [0.25, 0.3) is 0 Å². The van der Waals surface area contributed by atoms with Gasteiger partial charge < -0.3 is 15.3 Å². The van der Waals surface area contributed by atoms with Gasteiger partial charge in [-0.1, -0.05) is 0 Å². The van der Waals surface area contributed by atoms with E-state index < -0.39 is 12.7 Å². The third kappa shape index (κ3) is 6.21. The van der Waals surface area contributed by atoms with E-state index in [9.17, 15) is 18.3 Å². The molecule has 3 heterocycles. The van der Waals surface area contributed by atoms with Crippen molar-refractivity contribution in [1.29, 1.82) is 0 Å². The lowest BCUT2D eigenvalue weighted by molar-refractivity contribution is -0.148. The molecule has 3 rings (SSSR count). The number of hydrogen-bond donors (Lipinski definition) is 2. The second-order valence-corrected chi connectivity index (χ2v) is 7.61. The molecule has 6 nitrogen and oxygen atoms in total. The smallest absolute Gasteiger partial charge is 0.396 e. The molecule has 2 fully saturated rings. The molecule has 0 bridgehead atoms. The van der Waals surface area contributed by atoms with Crippen LogP contribution < -0.4 is 10.2 Å². The molecule has 0 aromatic carbocycles. The molecule has 152 valence electrons. The molecule has 2 aliphatic rings. The Morgan fingerprint density at radius 1 is 1.11 bits per heavy atom. The fraction of sp³-hybridized carbons (Fsp3) is 0.778. The van der Waals surface area contributed by atoms with Crippen molar-refractivity contribution in [3.8, 4) is 0 Å². The highest BCUT2D eigenvalue weighted by Crippen LogP contribution is 2.24. The van der Waals surface area contributed by atoms with E-state index in [-0.39, 0.29) is 12.5 Å². The number of piperidine rings is 2. The Balaban J connectivity index is 1.47. The van der Waals surface area contributed by atoms with Gasteiger partial charge in [-0.2, -0.15) is 13.2 Å². The molecule has 27 heavy (non-hydrogen) atoms. The van der Waals surface area contributed by atoms with Crippen molar-refractivity contribution in [3.63, 3.8) is 0 Å². The summed E-state index contributed by atoms with van der Waals surface area (Å²) in [5, 5.41) is 12.7. The third-order valence-electron chi connectivity index (χ3n) is 5.44. The monoisotopic (exact) mass is 387 g/mol. The summed E-state index contributed by atoms with van der Waals surface area (Å²) in [4.78, 5) is 12.3. The maximum Gasteiger partial charge on any atom is 0.401 e. The number of rotatable bonds is 6. The number of nitrogens with zero attached hydrogens (tertiary/aromatic N) is 4. The summed E-state index contributed by atoms with van der Waals surface area (Å²) in [5.41, 5.74) is 0. The largest absolute Gasteiger partial charge is 0.401 e. The van der Waals surface area contributed by atoms with E-state index in [0.29, 0.717) is 25.6 Å². The molecule has 0 radical (unpaired) electrons. The third-order valence-corrected chi connectivity index (χ3v) is 5.44. The van der Waals surface area contributed by atoms with E-state index in [0.717, 1.165) is 50.4 Å². The summed E-state index contributed by atoms with van der Waals surface area (Å²) in [6.45, 7) is 2.77. The molecule has 2 aliphatic heterocycles. The van der Waals surface area contributed by atoms with Crippen LogP contribution in [0.4, 0.5) is 24.8 Å². The Hall–Kier alpha value is -1.61. The van der Waals surface area contributed by atoms with Gasteiger partial charge in [-0.3, -0.25) is 4.90 Å². The number of aliphatic hydroxyl groups is 1. The molecule has 2 N–H and O–H groups in total. The number of aromatic nitrogens is 2. The Labute approximate surface area is 157 Å². The average molecular weight is 387 g/mol. The molecule has 9 heteroatoms. The van der Waals surface area contributed by atoms with Gasteiger partial charge in [-0.05, 0) is 50.6 Å². The maximum absolute atomic E-state index is 12.5. The van der Waals surface area contributed by atoms with Gasteiger partial charge >= 0.3 is 6.18 Å². The SMILES string of the molecule is OCC1CCCN(c2cc(NCC3CCN(CC(F)(F)F)CC3)ncn2)C1. The first-order valence-corrected chi connectivity index (χ1v) is 9.64. The molecule has 1 aromatic heterocycles. The highest BCUT2D eigenvalue weighted by atomic mass is 19.4. The van der Waals surface area contributed by atoms with Crippen molar-refractivity contribution in [3.05, 3.63) is 12.4 Å². The van der Waals surface area contributed by atoms with Crippen molar-refractivity contribution in [2.45, 2.75) is 31.9 Å². The highest BCUT2D eigenvalue weighted by Gasteiger charge is 2.32. The van der Waals surface area contributed by atoms with Crippen LogP contribution in [0, 0.1) is 11.8 Å². The second kappa shape index (κ2) is 9.05. The minimum atomic E-state index is -4.12. The Morgan fingerprint density at radius 3 is 2.59 bits per heavy atom. The van der Waals surface area contributed by atoms with Crippen LogP contribution in [0.1, 0.15) is 25.7 Å². The van der Waals surface area contributed by atoms with Gasteiger partial charge in [0.25, 0.3) is 0 Å². The zero-order valence-corrected chi connectivity index (χ0v) is 15.5. The van der Waals surface area contributed by atoms with Crippen LogP contribution in [0.5, 0.6) is 0 Å². The Morgan fingerprint density at radius 2 is 1.89 bits per heavy atom. The molecule has 1 aromatic rings. The quantitative estimate of drug-likeness (QED) is 0.781. The van der Waals surface area contributed by atoms with E-state index in [1.54, 1.807) is 0 Å². The number of nitrogens with one attached hydrogen (secondary N) is 1. The molecular formula is C18H28F3N5O. The van der Waals surface area contributed by atoms with E-state index in [1.807, 2.05) is 6.07 Å². The average Bonchev–Trinajstić information content (AvgIpc) is 2.66. The second-order valence-electron chi connectivity index (χ2n) is 7.61. The Bertz CT molecular complexity index is 593. The lowest BCUT2D eigenvalue weighted by Crippen LogP contribution is -2.41. The lowest BCUT2D eigenvalue weighted by atomic mass is 9.97. The van der Waals surface area contributed by atoms with Crippen molar-refractivity contribution >= 4 is 11.6 Å². The van der Waals surface area contributed by atoms with Gasteiger partial charge in [0, 0.05) is 32.3 Å². The summed E-state index contributed by atoms with van der Waals surface area (Å²) >= 11 is 0. The van der Waals surface area contributed by atoms with Crippen LogP contribution in [0.3, 0.4) is 0 Å². The number of hydrogen-bond acceptors (Lipinski definition) is 6. The zero-order chi connectivity index (χ0) is 19.3. The summed E-state index contributed by atoms with van der Waals surface area (Å²) < 4.78 is 37.4. The fourth-order valence-electron chi connectivity index (χ4n) is 3.89. The number of aliphatic hydroxyl groups excluding tert-OH is 1. The normalized spacial score (nSPS) is 22.8. The van der Waals surface area contributed by atoms with Gasteiger partial charge in [0.05, 0.1) is 6.54 Å². The van der Waals surface area contributed by atoms with E-state index in [1.165, 1.54) is 11.2 Å². The van der Waals surface area contributed by atoms with Crippen LogP contribution in [0.2, 0.25) is 0 Å². The van der Waals surface area contributed by atoms with Crippen LogP contribution in [-0.2, 0) is 0 Å². The van der Waals surface area contributed by atoms with E-state index in [4.69, 9.17) is 0 Å². The van der Waals surface area contributed by atoms with Crippen LogP contribution in [0.15, 0.2) is 12.4 Å². The first-order valence-electron chi connectivity index (χ1n) is 9.64. The first-order chi connectivity index (χ1) is 12.9. The summed E-state index contributed by atoms with van der Waals surface area (Å²) in [6.07, 6.45) is 0.999. The molecular weight excluding hydrogens is 359 g/mol. The van der Waals surface area contributed by atoms with E-state index in [2.05, 4.69) is 20.2 Å². The maximum atomic E-state index is 12.5. The van der Waals surface area contributed by atoms with Crippen molar-refractivity contribution in [2.24, 2.45) is 11.8 Å². The van der Waals surface area contributed by atoms with Gasteiger partial charge in [0.2, 0.25) is 0 Å². The van der Waals surface area contributed by atoms with Crippen molar-refractivity contribution in [1.82, 2.24) is 14.9 Å². The van der Waals surface area contributed by atoms with Crippen LogP contribution >= 0.6 is 0 Å². The zero-order valence-electron chi connectivity index (χ0n) is 15.5. The molecule has 0 saturated carbocycles. The van der Waals surface area contributed by atoms with Crippen LogP contribution in [-0.4, -0.2) is 72.0 Å². The van der Waals surface area contributed by atoms with Gasteiger partial charge in [-0.25, -0.2) is 9.97 Å². The molecule has 2 saturated heterocycles. The summed E-state index contributed by atoms with van der Waals surface area (Å²) in [5.74, 6) is 2.23. The first kappa shape index (κ1) is 20.1. The van der Waals surface area contributed by atoms with Gasteiger partial charge in [0.15, 0.2) is 0 Å². The standard InChI is InChI=1S/C18H28F3N5O/c19-18(20,21)12-25-6-3-14(4-7-25)9-22-16-8-17(24-13-23-16)26-5-1-2-15(10-26)11-27/h8,13-15,27H,1-7,9-12H2,(H,22,23,24). The molecule has 1 atom stereocenters. The predicted molar refractivity (Wildman–Crippen MR) is 97.8 cm³/mol. The highest BCUT2D eigenvalue weighted by molar-refractivity contribution is 5.48. The molecule has 0 spiro atoms. The summed E-state index contributed by atoms with van der Waals surface area (Å²) in [7, 11) is 0. The van der Waals surface area contributed by atoms with E-state index >= 15 is 0 Å². The minimum Gasteiger partial charge on any atom is -0.396 e. The lowest BCUT2D eigenvalue weighted by Gasteiger charge is -2.33. The number of likely N-dealkylation sites (tertiary alicyclic amines) is 1. The fourth-order valence-corrected chi connectivity index (χ4v) is 3.89. The molecule has 0 aliphatic carbocycles. The number of anilines is 2. The van der Waals surface area contributed by atoms with Gasteiger partial charge in [0.1, 0.15) is 18.0 Å².